The van der Waals surface area contributed by atoms with E-state index in [1.54, 1.807) is 0 Å². The largest absolute Gasteiger partial charge is 0.378 e. The highest BCUT2D eigenvalue weighted by Gasteiger charge is 2.20. The van der Waals surface area contributed by atoms with E-state index in [4.69, 9.17) is 10.5 Å². The van der Waals surface area contributed by atoms with E-state index in [1.807, 2.05) is 0 Å². The van der Waals surface area contributed by atoms with Crippen LogP contribution in [0.1, 0.15) is 11.9 Å². The number of ether oxygens (including phenoxy) is 1. The summed E-state index contributed by atoms with van der Waals surface area (Å²) in [5.74, 6) is 0.705. The highest BCUT2D eigenvalue weighted by molar-refractivity contribution is 5.70. The van der Waals surface area contributed by atoms with Crippen molar-refractivity contribution in [3.63, 3.8) is 0 Å². The van der Waals surface area contributed by atoms with Crippen LogP contribution in [0, 0.1) is 0 Å². The molecule has 0 aliphatic carbocycles. The normalized spacial score (nSPS) is 20.8. The van der Waals surface area contributed by atoms with Crippen LogP contribution in [0.2, 0.25) is 0 Å². The van der Waals surface area contributed by atoms with E-state index >= 15 is 0 Å². The van der Waals surface area contributed by atoms with Crippen molar-refractivity contribution in [2.45, 2.75) is 6.04 Å². The molecule has 1 aliphatic heterocycles. The van der Waals surface area contributed by atoms with Crippen molar-refractivity contribution in [2.75, 3.05) is 25.5 Å². The monoisotopic (exact) mass is 236 g/mol. The van der Waals surface area contributed by atoms with Gasteiger partial charge in [0.2, 0.25) is 5.95 Å². The fraction of sp³-hybridized carbons (Fsp3) is 0.444. The minimum atomic E-state index is -0.317. The average molecular weight is 236 g/mol. The number of imidazole rings is 1. The molecule has 8 nitrogen and oxygen atoms in total. The maximum absolute atomic E-state index is 11.6. The van der Waals surface area contributed by atoms with Gasteiger partial charge < -0.3 is 20.8 Å². The zero-order valence-corrected chi connectivity index (χ0v) is 8.99. The number of nitrogen functional groups attached to an aromatic ring is 1. The smallest absolute Gasteiger partial charge is 0.278 e. The summed E-state index contributed by atoms with van der Waals surface area (Å²) in [6.07, 6.45) is 0. The summed E-state index contributed by atoms with van der Waals surface area (Å²) in [4.78, 5) is 25.2. The molecule has 1 aliphatic rings. The molecule has 2 aromatic rings. The van der Waals surface area contributed by atoms with Gasteiger partial charge in [0.25, 0.3) is 5.56 Å². The number of anilines is 1. The van der Waals surface area contributed by atoms with Crippen LogP contribution in [0.5, 0.6) is 0 Å². The van der Waals surface area contributed by atoms with Crippen molar-refractivity contribution in [2.24, 2.45) is 0 Å². The van der Waals surface area contributed by atoms with Gasteiger partial charge in [0, 0.05) is 6.54 Å². The lowest BCUT2D eigenvalue weighted by molar-refractivity contribution is 0.0746. The molecule has 1 unspecified atom stereocenters. The Hall–Kier alpha value is -1.93. The van der Waals surface area contributed by atoms with Gasteiger partial charge >= 0.3 is 0 Å². The molecule has 5 N–H and O–H groups in total. The Kier molecular flexibility index (Phi) is 2.30. The van der Waals surface area contributed by atoms with E-state index in [9.17, 15) is 4.79 Å². The van der Waals surface area contributed by atoms with Gasteiger partial charge in [-0.2, -0.15) is 4.98 Å². The van der Waals surface area contributed by atoms with Crippen molar-refractivity contribution < 1.29 is 4.74 Å². The molecule has 90 valence electrons. The SMILES string of the molecule is Nc1nc2nc(C3COCCN3)[nH]c2c(=O)[nH]1. The van der Waals surface area contributed by atoms with Crippen molar-refractivity contribution in [1.29, 1.82) is 0 Å². The topological polar surface area (TPSA) is 122 Å². The molecule has 0 spiro atoms. The molecule has 1 atom stereocenters. The molecular formula is C9H12N6O2. The van der Waals surface area contributed by atoms with Crippen LogP contribution < -0.4 is 16.6 Å². The number of hydrogen-bond acceptors (Lipinski definition) is 6. The quantitative estimate of drug-likeness (QED) is 0.498. The Balaban J connectivity index is 2.06. The summed E-state index contributed by atoms with van der Waals surface area (Å²) in [6, 6.07) is -0.0430. The van der Waals surface area contributed by atoms with E-state index in [2.05, 4.69) is 25.3 Å². The minimum absolute atomic E-state index is 0.0430. The third-order valence-electron chi connectivity index (χ3n) is 2.65. The Morgan fingerprint density at radius 1 is 1.35 bits per heavy atom. The summed E-state index contributed by atoms with van der Waals surface area (Å²) in [5.41, 5.74) is 5.80. The molecule has 1 fully saturated rings. The van der Waals surface area contributed by atoms with E-state index in [-0.39, 0.29) is 17.5 Å². The zero-order valence-electron chi connectivity index (χ0n) is 8.99. The molecule has 0 bridgehead atoms. The van der Waals surface area contributed by atoms with E-state index in [1.165, 1.54) is 0 Å². The fourth-order valence-corrected chi connectivity index (χ4v) is 1.85. The molecule has 2 aromatic heterocycles. The molecule has 0 aromatic carbocycles. The minimum Gasteiger partial charge on any atom is -0.378 e. The molecule has 3 heterocycles. The molecular weight excluding hydrogens is 224 g/mol. The molecule has 17 heavy (non-hydrogen) atoms. The van der Waals surface area contributed by atoms with Gasteiger partial charge in [-0.3, -0.25) is 9.78 Å². The predicted octanol–water partition coefficient (Wildman–Crippen LogP) is -1.11. The molecule has 0 radical (unpaired) electrons. The Labute approximate surface area is 95.6 Å². The Morgan fingerprint density at radius 3 is 3.00 bits per heavy atom. The fourth-order valence-electron chi connectivity index (χ4n) is 1.85. The van der Waals surface area contributed by atoms with E-state index in [0.717, 1.165) is 6.54 Å². The highest BCUT2D eigenvalue weighted by atomic mass is 16.5. The standard InChI is InChI=1S/C9H12N6O2/c10-9-14-7-5(8(16)15-9)12-6(13-7)4-3-17-2-1-11-4/h4,11H,1-3H2,(H4,10,12,13,14,15,16). The van der Waals surface area contributed by atoms with Crippen LogP contribution in [0.3, 0.4) is 0 Å². The first-order valence-corrected chi connectivity index (χ1v) is 5.30. The third kappa shape index (κ3) is 1.77. The number of rotatable bonds is 1. The van der Waals surface area contributed by atoms with Crippen LogP contribution >= 0.6 is 0 Å². The summed E-state index contributed by atoms with van der Waals surface area (Å²) in [7, 11) is 0. The van der Waals surface area contributed by atoms with Gasteiger partial charge in [0.15, 0.2) is 11.2 Å². The lowest BCUT2D eigenvalue weighted by Crippen LogP contribution is -2.35. The number of H-pyrrole nitrogens is 2. The van der Waals surface area contributed by atoms with Crippen LogP contribution in [0.25, 0.3) is 11.2 Å². The van der Waals surface area contributed by atoms with Gasteiger partial charge in [-0.15, -0.1) is 0 Å². The maximum Gasteiger partial charge on any atom is 0.278 e. The number of aromatic amines is 2. The first-order valence-electron chi connectivity index (χ1n) is 5.30. The molecule has 3 rings (SSSR count). The van der Waals surface area contributed by atoms with Gasteiger partial charge in [-0.1, -0.05) is 0 Å². The number of hydrogen-bond donors (Lipinski definition) is 4. The van der Waals surface area contributed by atoms with Crippen LogP contribution in [0.4, 0.5) is 5.95 Å². The molecule has 0 saturated carbocycles. The van der Waals surface area contributed by atoms with Crippen molar-refractivity contribution in [1.82, 2.24) is 25.3 Å². The van der Waals surface area contributed by atoms with Gasteiger partial charge in [-0.25, -0.2) is 4.98 Å². The summed E-state index contributed by atoms with van der Waals surface area (Å²) in [5, 5.41) is 3.24. The highest BCUT2D eigenvalue weighted by Crippen LogP contribution is 2.14. The Bertz CT molecular complexity index is 597. The van der Waals surface area contributed by atoms with Crippen LogP contribution in [-0.4, -0.2) is 39.7 Å². The van der Waals surface area contributed by atoms with Gasteiger partial charge in [-0.05, 0) is 0 Å². The number of nitrogens with zero attached hydrogens (tertiary/aromatic N) is 2. The zero-order chi connectivity index (χ0) is 11.8. The van der Waals surface area contributed by atoms with E-state index < -0.39 is 0 Å². The number of nitrogens with one attached hydrogen (secondary N) is 3. The van der Waals surface area contributed by atoms with Crippen molar-refractivity contribution in [3.8, 4) is 0 Å². The van der Waals surface area contributed by atoms with Crippen molar-refractivity contribution in [3.05, 3.63) is 16.2 Å². The number of morpholine rings is 1. The van der Waals surface area contributed by atoms with Gasteiger partial charge in [0.05, 0.1) is 19.3 Å². The van der Waals surface area contributed by atoms with Crippen molar-refractivity contribution >= 4 is 17.1 Å². The maximum atomic E-state index is 11.6. The number of aromatic nitrogens is 4. The summed E-state index contributed by atoms with van der Waals surface area (Å²) < 4.78 is 5.33. The van der Waals surface area contributed by atoms with Gasteiger partial charge in [0.1, 0.15) is 5.82 Å². The first-order chi connectivity index (χ1) is 8.24. The summed E-state index contributed by atoms with van der Waals surface area (Å²) >= 11 is 0. The van der Waals surface area contributed by atoms with Crippen LogP contribution in [0.15, 0.2) is 4.79 Å². The second kappa shape index (κ2) is 3.82. The second-order valence-corrected chi connectivity index (χ2v) is 3.85. The predicted molar refractivity (Wildman–Crippen MR) is 60.5 cm³/mol. The van der Waals surface area contributed by atoms with Crippen LogP contribution in [-0.2, 0) is 4.74 Å². The number of nitrogens with two attached hydrogens (primary N) is 1. The third-order valence-corrected chi connectivity index (χ3v) is 2.65. The molecule has 8 heteroatoms. The second-order valence-electron chi connectivity index (χ2n) is 3.85. The Morgan fingerprint density at radius 2 is 2.24 bits per heavy atom. The molecule has 0 amide bonds. The number of fused-ring (bicyclic) bond motifs is 1. The first kappa shape index (κ1) is 10.2. The summed E-state index contributed by atoms with van der Waals surface area (Å²) in [6.45, 7) is 1.96. The van der Waals surface area contributed by atoms with E-state index in [0.29, 0.717) is 30.2 Å². The lowest BCUT2D eigenvalue weighted by Gasteiger charge is -2.21. The lowest BCUT2D eigenvalue weighted by atomic mass is 10.3. The molecule has 1 saturated heterocycles. The average Bonchev–Trinajstić information content (AvgIpc) is 2.74.